The molecule has 1 aliphatic heterocycles. The molecule has 2 heteroatoms. The second-order valence-corrected chi connectivity index (χ2v) is 3.72. The van der Waals surface area contributed by atoms with Gasteiger partial charge in [-0.2, -0.15) is 0 Å². The van der Waals surface area contributed by atoms with Gasteiger partial charge in [0.2, 0.25) is 0 Å². The summed E-state index contributed by atoms with van der Waals surface area (Å²) in [5.41, 5.74) is 2.03. The van der Waals surface area contributed by atoms with Crippen molar-refractivity contribution in [3.63, 3.8) is 0 Å². The predicted molar refractivity (Wildman–Crippen MR) is 42.1 cm³/mol. The van der Waals surface area contributed by atoms with Crippen LogP contribution in [0.5, 0.6) is 0 Å². The molecule has 2 atom stereocenters. The Labute approximate surface area is 59.9 Å². The average Bonchev–Trinajstić information content (AvgIpc) is 2.33. The highest BCUT2D eigenvalue weighted by Gasteiger charge is 2.27. The zero-order chi connectivity index (χ0) is 6.10. The van der Waals surface area contributed by atoms with Crippen LogP contribution in [-0.4, -0.2) is 17.3 Å². The molecule has 2 rings (SSSR count). The summed E-state index contributed by atoms with van der Waals surface area (Å²) in [5, 5.41) is 0. The molecule has 1 nitrogen and oxygen atoms in total. The molecule has 2 aliphatic rings. The van der Waals surface area contributed by atoms with Crippen molar-refractivity contribution in [2.45, 2.75) is 25.3 Å². The van der Waals surface area contributed by atoms with Gasteiger partial charge in [-0.1, -0.05) is 6.42 Å². The summed E-state index contributed by atoms with van der Waals surface area (Å²) in [6.45, 7) is 0. The molecule has 1 aliphatic carbocycles. The summed E-state index contributed by atoms with van der Waals surface area (Å²) in [5.74, 6) is 2.26. The van der Waals surface area contributed by atoms with E-state index < -0.39 is 0 Å². The second-order valence-electron chi connectivity index (χ2n) is 2.85. The van der Waals surface area contributed by atoms with Crippen LogP contribution in [0.25, 0.3) is 0 Å². The molecule has 0 radical (unpaired) electrons. The highest BCUT2D eigenvalue weighted by Crippen LogP contribution is 2.33. The monoisotopic (exact) mass is 141 g/mol. The predicted octanol–water partition coefficient (Wildman–Crippen LogP) is 1.93. The molecule has 9 heavy (non-hydrogen) atoms. The Morgan fingerprint density at radius 2 is 2.44 bits per heavy atom. The zero-order valence-electron chi connectivity index (χ0n) is 5.42. The molecule has 0 saturated heterocycles. The molecule has 0 aromatic carbocycles. The Morgan fingerprint density at radius 3 is 3.33 bits per heavy atom. The number of rotatable bonds is 0. The molecule has 0 bridgehead atoms. The van der Waals surface area contributed by atoms with E-state index in [1.54, 1.807) is 0 Å². The smallest absolute Gasteiger partial charge is 0.0544 e. The van der Waals surface area contributed by atoms with Crippen molar-refractivity contribution >= 4 is 17.3 Å². The molecule has 1 heterocycles. The topological polar surface area (TPSA) is 12.4 Å². The molecule has 0 aromatic heterocycles. The first-order valence-corrected chi connectivity index (χ1v) is 4.65. The molecular formula is C7H11NS. The lowest BCUT2D eigenvalue weighted by Crippen LogP contribution is -2.17. The van der Waals surface area contributed by atoms with Gasteiger partial charge in [-0.15, -0.1) is 11.8 Å². The molecule has 1 saturated carbocycles. The van der Waals surface area contributed by atoms with Crippen LogP contribution in [0.1, 0.15) is 19.3 Å². The number of fused-ring (bicyclic) bond motifs is 1. The van der Waals surface area contributed by atoms with Gasteiger partial charge in [0.1, 0.15) is 0 Å². The van der Waals surface area contributed by atoms with Gasteiger partial charge >= 0.3 is 0 Å². The Hall–Kier alpha value is 0.0200. The Bertz CT molecular complexity index is 133. The molecule has 2 unspecified atom stereocenters. The van der Waals surface area contributed by atoms with E-state index in [0.717, 1.165) is 5.92 Å². The minimum atomic E-state index is 0.714. The van der Waals surface area contributed by atoms with Crippen LogP contribution in [0.3, 0.4) is 0 Å². The quantitative estimate of drug-likeness (QED) is 0.502. The second kappa shape index (κ2) is 2.33. The van der Waals surface area contributed by atoms with Crippen LogP contribution in [0.15, 0.2) is 4.99 Å². The minimum Gasteiger partial charge on any atom is -0.283 e. The summed E-state index contributed by atoms with van der Waals surface area (Å²) in [4.78, 5) is 4.43. The van der Waals surface area contributed by atoms with Gasteiger partial charge in [-0.05, 0) is 18.8 Å². The maximum atomic E-state index is 4.43. The lowest BCUT2D eigenvalue weighted by molar-refractivity contribution is 0.537. The van der Waals surface area contributed by atoms with Gasteiger partial charge < -0.3 is 0 Å². The van der Waals surface area contributed by atoms with E-state index in [9.17, 15) is 0 Å². The third kappa shape index (κ3) is 1.00. The summed E-state index contributed by atoms with van der Waals surface area (Å²) in [6.07, 6.45) is 4.18. The maximum absolute atomic E-state index is 4.43. The summed E-state index contributed by atoms with van der Waals surface area (Å²) >= 11 is 1.88. The highest BCUT2D eigenvalue weighted by atomic mass is 32.2. The van der Waals surface area contributed by atoms with Crippen LogP contribution in [0, 0.1) is 5.92 Å². The van der Waals surface area contributed by atoms with Crippen molar-refractivity contribution in [2.75, 3.05) is 5.75 Å². The fraction of sp³-hybridized carbons (Fsp3) is 0.857. The largest absolute Gasteiger partial charge is 0.283 e. The van der Waals surface area contributed by atoms with Crippen molar-refractivity contribution in [3.05, 3.63) is 0 Å². The molecule has 0 amide bonds. The van der Waals surface area contributed by atoms with Crippen LogP contribution in [0.4, 0.5) is 0 Å². The summed E-state index contributed by atoms with van der Waals surface area (Å²) < 4.78 is 0. The van der Waals surface area contributed by atoms with Crippen molar-refractivity contribution in [3.8, 4) is 0 Å². The lowest BCUT2D eigenvalue weighted by atomic mass is 10.1. The fourth-order valence-corrected chi connectivity index (χ4v) is 2.66. The van der Waals surface area contributed by atoms with Crippen molar-refractivity contribution in [1.82, 2.24) is 0 Å². The third-order valence-corrected chi connectivity index (χ3v) is 3.15. The van der Waals surface area contributed by atoms with Crippen molar-refractivity contribution < 1.29 is 0 Å². The van der Waals surface area contributed by atoms with E-state index in [2.05, 4.69) is 4.99 Å². The molecule has 50 valence electrons. The van der Waals surface area contributed by atoms with E-state index in [1.165, 1.54) is 25.0 Å². The van der Waals surface area contributed by atoms with Gasteiger partial charge in [-0.3, -0.25) is 4.99 Å². The van der Waals surface area contributed by atoms with E-state index >= 15 is 0 Å². The van der Waals surface area contributed by atoms with E-state index in [-0.39, 0.29) is 0 Å². The first kappa shape index (κ1) is 5.78. The Morgan fingerprint density at radius 1 is 1.44 bits per heavy atom. The lowest BCUT2D eigenvalue weighted by Gasteiger charge is -2.17. The molecular weight excluding hydrogens is 130 g/mol. The number of aliphatic imine (C=N–C) groups is 1. The SMILES string of the molecule is C1=NC2CCCC2CS1. The van der Waals surface area contributed by atoms with E-state index in [1.807, 2.05) is 17.3 Å². The number of hydrogen-bond acceptors (Lipinski definition) is 2. The number of hydrogen-bond donors (Lipinski definition) is 0. The van der Waals surface area contributed by atoms with Gasteiger partial charge in [0.05, 0.1) is 11.6 Å². The molecule has 0 spiro atoms. The van der Waals surface area contributed by atoms with E-state index in [4.69, 9.17) is 0 Å². The maximum Gasteiger partial charge on any atom is 0.0544 e. The first-order valence-electron chi connectivity index (χ1n) is 3.60. The Balaban J connectivity index is 2.10. The molecule has 0 aromatic rings. The highest BCUT2D eigenvalue weighted by molar-refractivity contribution is 8.12. The minimum absolute atomic E-state index is 0.714. The van der Waals surface area contributed by atoms with Crippen LogP contribution < -0.4 is 0 Å². The first-order chi connectivity index (χ1) is 4.47. The normalized spacial score (nSPS) is 40.9. The standard InChI is InChI=1S/C7H11NS/c1-2-6-4-9-5-8-7(6)3-1/h5-7H,1-4H2. The van der Waals surface area contributed by atoms with Crippen LogP contribution in [0.2, 0.25) is 0 Å². The Kier molecular flexibility index (Phi) is 1.50. The van der Waals surface area contributed by atoms with Gasteiger partial charge in [0.25, 0.3) is 0 Å². The number of nitrogens with zero attached hydrogens (tertiary/aromatic N) is 1. The van der Waals surface area contributed by atoms with Gasteiger partial charge in [0.15, 0.2) is 0 Å². The zero-order valence-corrected chi connectivity index (χ0v) is 6.23. The van der Waals surface area contributed by atoms with Crippen molar-refractivity contribution in [2.24, 2.45) is 10.9 Å². The van der Waals surface area contributed by atoms with Crippen LogP contribution >= 0.6 is 11.8 Å². The van der Waals surface area contributed by atoms with Crippen molar-refractivity contribution in [1.29, 1.82) is 0 Å². The summed E-state index contributed by atoms with van der Waals surface area (Å²) in [7, 11) is 0. The average molecular weight is 141 g/mol. The molecule has 0 N–H and O–H groups in total. The van der Waals surface area contributed by atoms with Crippen LogP contribution in [-0.2, 0) is 0 Å². The fourth-order valence-electron chi connectivity index (χ4n) is 1.70. The third-order valence-electron chi connectivity index (χ3n) is 2.26. The molecule has 1 fully saturated rings. The van der Waals surface area contributed by atoms with Gasteiger partial charge in [0, 0.05) is 5.75 Å². The van der Waals surface area contributed by atoms with Gasteiger partial charge in [-0.25, -0.2) is 0 Å². The summed E-state index contributed by atoms with van der Waals surface area (Å²) in [6, 6.07) is 0.714. The van der Waals surface area contributed by atoms with E-state index in [0.29, 0.717) is 6.04 Å². The number of thioether (sulfide) groups is 1.